The van der Waals surface area contributed by atoms with Crippen LogP contribution >= 0.6 is 22.6 Å². The van der Waals surface area contributed by atoms with Crippen molar-refractivity contribution in [2.45, 2.75) is 46.1 Å². The summed E-state index contributed by atoms with van der Waals surface area (Å²) in [4.78, 5) is 49.7. The third-order valence-electron chi connectivity index (χ3n) is 6.76. The molecule has 37 heavy (non-hydrogen) atoms. The van der Waals surface area contributed by atoms with E-state index in [1.54, 1.807) is 6.92 Å². The second-order valence-corrected chi connectivity index (χ2v) is 10.4. The van der Waals surface area contributed by atoms with Crippen molar-refractivity contribution in [3.63, 3.8) is 0 Å². The number of esters is 1. The summed E-state index contributed by atoms with van der Waals surface area (Å²) in [7, 11) is 0. The Morgan fingerprint density at radius 3 is 2.59 bits per heavy atom. The molecule has 0 N–H and O–H groups in total. The Labute approximate surface area is 231 Å². The number of amides is 1. The largest absolute Gasteiger partial charge is 0.488 e. The molecule has 1 aromatic carbocycles. The third-order valence-corrected chi connectivity index (χ3v) is 7.60. The van der Waals surface area contributed by atoms with E-state index in [1.807, 2.05) is 19.1 Å². The van der Waals surface area contributed by atoms with E-state index >= 15 is 0 Å². The summed E-state index contributed by atoms with van der Waals surface area (Å²) in [5.74, 6) is -2.55. The number of unbranched alkanes of at least 4 members (excludes halogenated alkanes) is 1. The Kier molecular flexibility index (Phi) is 10.3. The van der Waals surface area contributed by atoms with Crippen molar-refractivity contribution in [3.8, 4) is 5.75 Å². The van der Waals surface area contributed by atoms with Gasteiger partial charge in [-0.1, -0.05) is 52.0 Å². The minimum Gasteiger partial charge on any atom is -0.488 e. The summed E-state index contributed by atoms with van der Waals surface area (Å²) >= 11 is 2.25. The Hall–Kier alpha value is -2.66. The smallest absolute Gasteiger partial charge is 0.355 e. The molecule has 2 heterocycles. The molecule has 200 valence electrons. The van der Waals surface area contributed by atoms with Crippen molar-refractivity contribution in [1.82, 2.24) is 4.90 Å². The van der Waals surface area contributed by atoms with E-state index in [9.17, 15) is 14.4 Å². The van der Waals surface area contributed by atoms with E-state index in [0.29, 0.717) is 11.3 Å². The average molecular weight is 623 g/mol. The minimum atomic E-state index is -0.761. The normalized spacial score (nSPS) is 21.1. The molecule has 2 aliphatic heterocycles. The number of aryl methyl sites for hydroxylation is 1. The van der Waals surface area contributed by atoms with Gasteiger partial charge in [0.25, 0.3) is 0 Å². The van der Waals surface area contributed by atoms with Crippen LogP contribution < -0.4 is 4.74 Å². The average Bonchev–Trinajstić information content (AvgIpc) is 3.13. The number of hydrogen-bond acceptors (Lipinski definition) is 7. The molecule has 3 rings (SSSR count). The number of carbonyl (C=O) groups excluding carboxylic acids is 3. The molecule has 1 fully saturated rings. The summed E-state index contributed by atoms with van der Waals surface area (Å²) < 4.78 is 12.4. The number of β-lactam (4-membered cyclic amide) rings is 1. The molecule has 0 aliphatic carbocycles. The van der Waals surface area contributed by atoms with Crippen molar-refractivity contribution in [1.29, 1.82) is 0 Å². The van der Waals surface area contributed by atoms with Gasteiger partial charge in [0.2, 0.25) is 5.91 Å². The highest BCUT2D eigenvalue weighted by atomic mass is 127. The van der Waals surface area contributed by atoms with Gasteiger partial charge in [0, 0.05) is 11.5 Å². The van der Waals surface area contributed by atoms with Gasteiger partial charge in [0.15, 0.2) is 0 Å². The molecule has 2 aliphatic rings. The fraction of sp³-hybridized carbons (Fsp3) is 0.464. The fourth-order valence-electron chi connectivity index (χ4n) is 4.76. The first kappa shape index (κ1) is 28.9. The molecule has 8 nitrogen and oxygen atoms in total. The van der Waals surface area contributed by atoms with Gasteiger partial charge in [-0.2, -0.15) is 4.89 Å². The Morgan fingerprint density at radius 2 is 1.95 bits per heavy atom. The van der Waals surface area contributed by atoms with Crippen molar-refractivity contribution in [2.24, 2.45) is 17.8 Å². The van der Waals surface area contributed by atoms with Crippen LogP contribution in [0.2, 0.25) is 0 Å². The number of fused-ring (bicyclic) bond motifs is 1. The van der Waals surface area contributed by atoms with Gasteiger partial charge in [0.05, 0.1) is 21.4 Å². The number of rotatable bonds is 14. The molecule has 1 saturated heterocycles. The Bertz CT molecular complexity index is 1080. The number of hydrogen-bond donors (Lipinski definition) is 0. The summed E-state index contributed by atoms with van der Waals surface area (Å²) in [6.45, 7) is 13.0. The van der Waals surface area contributed by atoms with Gasteiger partial charge in [0.1, 0.15) is 31.3 Å². The highest BCUT2D eigenvalue weighted by Gasteiger charge is 2.61. The van der Waals surface area contributed by atoms with Crippen molar-refractivity contribution in [2.75, 3.05) is 19.8 Å². The molecule has 1 amide bonds. The van der Waals surface area contributed by atoms with E-state index in [0.717, 1.165) is 22.8 Å². The van der Waals surface area contributed by atoms with Gasteiger partial charge < -0.3 is 14.4 Å². The Morgan fingerprint density at radius 1 is 1.22 bits per heavy atom. The fourth-order valence-corrected chi connectivity index (χ4v) is 5.50. The van der Waals surface area contributed by atoms with Gasteiger partial charge in [-0.05, 0) is 53.1 Å². The molecule has 3 unspecified atom stereocenters. The lowest BCUT2D eigenvalue weighted by Gasteiger charge is -2.47. The van der Waals surface area contributed by atoms with Crippen LogP contribution in [0.3, 0.4) is 0 Å². The monoisotopic (exact) mass is 623 g/mol. The molecule has 0 spiro atoms. The predicted octanol–water partition coefficient (Wildman–Crippen LogP) is 4.77. The maximum atomic E-state index is 13.2. The van der Waals surface area contributed by atoms with Crippen LogP contribution in [0.4, 0.5) is 0 Å². The van der Waals surface area contributed by atoms with Crippen LogP contribution in [0.15, 0.2) is 54.8 Å². The zero-order valence-corrected chi connectivity index (χ0v) is 23.7. The quantitative estimate of drug-likeness (QED) is 0.0561. The Balaban J connectivity index is 1.81. The van der Waals surface area contributed by atoms with Crippen molar-refractivity contribution < 1.29 is 33.6 Å². The lowest BCUT2D eigenvalue weighted by Crippen LogP contribution is -2.63. The van der Waals surface area contributed by atoms with Crippen LogP contribution in [-0.4, -0.2) is 48.6 Å². The van der Waals surface area contributed by atoms with Gasteiger partial charge in [-0.3, -0.25) is 9.68 Å². The zero-order valence-electron chi connectivity index (χ0n) is 21.5. The van der Waals surface area contributed by atoms with E-state index in [-0.39, 0.29) is 37.3 Å². The van der Waals surface area contributed by atoms with Gasteiger partial charge in [-0.25, -0.2) is 9.59 Å². The van der Waals surface area contributed by atoms with Crippen molar-refractivity contribution >= 4 is 40.4 Å². The summed E-state index contributed by atoms with van der Waals surface area (Å²) in [6.07, 6.45) is 6.17. The number of ether oxygens (including phenoxy) is 2. The summed E-state index contributed by atoms with van der Waals surface area (Å²) in [6, 6.07) is 5.70. The van der Waals surface area contributed by atoms with Crippen LogP contribution in [0.25, 0.3) is 0 Å². The SMILES string of the molecule is C=CCOOC(=O)C(C)C1C(=O)N2C(C(=O)OCC=C)=C(COc3ccc(CCCC)cc3I)[C@H](C)C12. The first-order valence-electron chi connectivity index (χ1n) is 12.5. The maximum Gasteiger partial charge on any atom is 0.355 e. The van der Waals surface area contributed by atoms with E-state index < -0.39 is 29.8 Å². The van der Waals surface area contributed by atoms with Crippen molar-refractivity contribution in [3.05, 3.63) is 63.9 Å². The molecular formula is C28H34INO7. The molecule has 1 aromatic rings. The molecule has 0 radical (unpaired) electrons. The predicted molar refractivity (Wildman–Crippen MR) is 146 cm³/mol. The molecular weight excluding hydrogens is 589 g/mol. The minimum absolute atomic E-state index is 0.0153. The third kappa shape index (κ3) is 6.26. The zero-order chi connectivity index (χ0) is 27.1. The topological polar surface area (TPSA) is 91.4 Å². The first-order chi connectivity index (χ1) is 17.8. The number of carbonyl (C=O) groups is 3. The molecule has 0 bridgehead atoms. The van der Waals surface area contributed by atoms with Gasteiger partial charge >= 0.3 is 11.9 Å². The van der Waals surface area contributed by atoms with Crippen LogP contribution in [0.5, 0.6) is 5.75 Å². The molecule has 0 aromatic heterocycles. The number of halogens is 1. The number of nitrogens with zero attached hydrogens (tertiary/aromatic N) is 1. The lowest BCUT2D eigenvalue weighted by molar-refractivity contribution is -0.271. The van der Waals surface area contributed by atoms with E-state index in [2.05, 4.69) is 48.7 Å². The highest BCUT2D eigenvalue weighted by Crippen LogP contribution is 2.49. The lowest BCUT2D eigenvalue weighted by atomic mass is 9.74. The second-order valence-electron chi connectivity index (χ2n) is 9.20. The summed E-state index contributed by atoms with van der Waals surface area (Å²) in [5.41, 5.74) is 2.08. The van der Waals surface area contributed by atoms with Crippen LogP contribution in [0.1, 0.15) is 39.2 Å². The van der Waals surface area contributed by atoms with Crippen LogP contribution in [0, 0.1) is 21.3 Å². The highest BCUT2D eigenvalue weighted by molar-refractivity contribution is 14.1. The number of benzene rings is 1. The first-order valence-corrected chi connectivity index (χ1v) is 13.5. The summed E-state index contributed by atoms with van der Waals surface area (Å²) in [5, 5.41) is 0. The van der Waals surface area contributed by atoms with E-state index in [1.165, 1.54) is 22.6 Å². The standard InChI is InChI=1S/C28H34INO7/c1-6-9-10-19-11-12-22(21(29)15-19)35-16-20-17(4)24-23(18(5)27(32)37-36-14-8-3)26(31)30(24)25(20)28(33)34-13-7-2/h7-8,11-12,15,17-18,23-24H,2-3,6,9-10,13-14,16H2,1,4-5H3/t17-,18?,23?,24?/m0/s1. The molecule has 4 atom stereocenters. The van der Waals surface area contributed by atoms with Gasteiger partial charge in [-0.15, -0.1) is 6.58 Å². The second kappa shape index (κ2) is 13.2. The van der Waals surface area contributed by atoms with Crippen LogP contribution in [-0.2, 0) is 35.3 Å². The molecule has 0 saturated carbocycles. The van der Waals surface area contributed by atoms with E-state index in [4.69, 9.17) is 19.2 Å². The maximum absolute atomic E-state index is 13.2. The molecule has 9 heteroatoms.